The van der Waals surface area contributed by atoms with Crippen molar-refractivity contribution >= 4 is 23.6 Å². The maximum atomic E-state index is 13.7. The number of hydroxylamine groups is 1. The van der Waals surface area contributed by atoms with Crippen molar-refractivity contribution < 1.29 is 29.1 Å². The van der Waals surface area contributed by atoms with E-state index in [1.165, 1.54) is 4.90 Å². The molecule has 0 aromatic heterocycles. The number of aliphatic hydroxyl groups is 1. The highest BCUT2D eigenvalue weighted by molar-refractivity contribution is 6.23. The largest absolute Gasteiger partial charge is 0.394 e. The Morgan fingerprint density at radius 2 is 1.67 bits per heavy atom. The van der Waals surface area contributed by atoms with Crippen LogP contribution in [0.4, 0.5) is 0 Å². The fourth-order valence-corrected chi connectivity index (χ4v) is 4.49. The van der Waals surface area contributed by atoms with Crippen LogP contribution in [0, 0.1) is 0 Å². The number of ether oxygens (including phenoxy) is 1. The number of carbonyl (C=O) groups excluding carboxylic acids is 3. The summed E-state index contributed by atoms with van der Waals surface area (Å²) in [7, 11) is 1.62. The number of nitrogens with one attached hydrogen (secondary N) is 1. The van der Waals surface area contributed by atoms with Crippen LogP contribution < -0.4 is 5.48 Å². The number of aliphatic imine (C=N–C) groups is 1. The van der Waals surface area contributed by atoms with Crippen LogP contribution in [0.2, 0.25) is 0 Å². The molecule has 0 bridgehead atoms. The fourth-order valence-electron chi connectivity index (χ4n) is 4.49. The molecule has 1 heterocycles. The second-order valence-corrected chi connectivity index (χ2v) is 9.63. The monoisotopic (exact) mass is 538 g/mol. The highest BCUT2D eigenvalue weighted by Crippen LogP contribution is 2.34. The summed E-state index contributed by atoms with van der Waals surface area (Å²) < 4.78 is 5.30. The number of benzene rings is 2. The number of nitrogens with zero attached hydrogens (tertiary/aromatic N) is 3. The van der Waals surface area contributed by atoms with E-state index in [1.54, 1.807) is 38.2 Å². The summed E-state index contributed by atoms with van der Waals surface area (Å²) in [5.41, 5.74) is 3.10. The van der Waals surface area contributed by atoms with E-state index in [-0.39, 0.29) is 38.7 Å². The standard InChI is InChI=1S/C29H38N4O6/c1-22(31-39-21-23-11-5-4-6-12-23)30-16-10-9-15-29(2,28(37)32(3)17-19-38-20-18-34)33-26(35)24-13-7-8-14-25(24)27(33)36/h4-8,11-14,34H,9-10,15-21H2,1-3H3,(H,30,31). The highest BCUT2D eigenvalue weighted by Gasteiger charge is 2.51. The second kappa shape index (κ2) is 14.5. The molecule has 3 rings (SSSR count). The molecule has 0 fully saturated rings. The number of amides is 3. The van der Waals surface area contributed by atoms with Gasteiger partial charge in [0.2, 0.25) is 5.91 Å². The van der Waals surface area contributed by atoms with Crippen molar-refractivity contribution in [2.24, 2.45) is 4.99 Å². The Balaban J connectivity index is 1.61. The van der Waals surface area contributed by atoms with Crippen LogP contribution in [0.15, 0.2) is 59.6 Å². The molecule has 2 aromatic carbocycles. The Kier molecular flexibility index (Phi) is 11.2. The zero-order chi connectivity index (χ0) is 28.3. The van der Waals surface area contributed by atoms with Crippen LogP contribution in [-0.2, 0) is 21.0 Å². The number of likely N-dealkylation sites (N-methyl/N-ethyl adjacent to an activating group) is 1. The Hall–Kier alpha value is -3.60. The van der Waals surface area contributed by atoms with Gasteiger partial charge >= 0.3 is 0 Å². The SMILES string of the molecule is CC(=NCCCCC(C)(C(=O)N(C)CCOCCO)N1C(=O)c2ccccc2C1=O)NOCc1ccccc1. The van der Waals surface area contributed by atoms with Crippen LogP contribution in [-0.4, -0.2) is 84.0 Å². The van der Waals surface area contributed by atoms with Gasteiger partial charge in [-0.15, -0.1) is 0 Å². The van der Waals surface area contributed by atoms with Crippen molar-refractivity contribution in [1.82, 2.24) is 15.3 Å². The molecule has 0 radical (unpaired) electrons. The van der Waals surface area contributed by atoms with E-state index in [0.29, 0.717) is 43.0 Å². The Morgan fingerprint density at radius 1 is 1.03 bits per heavy atom. The number of carbonyl (C=O) groups is 3. The average Bonchev–Trinajstić information content (AvgIpc) is 3.21. The maximum Gasteiger partial charge on any atom is 0.262 e. The van der Waals surface area contributed by atoms with E-state index >= 15 is 0 Å². The van der Waals surface area contributed by atoms with E-state index in [4.69, 9.17) is 14.7 Å². The van der Waals surface area contributed by atoms with Crippen LogP contribution in [0.1, 0.15) is 59.4 Å². The third kappa shape index (κ3) is 7.72. The Bertz CT molecular complexity index is 1120. The Morgan fingerprint density at radius 3 is 2.31 bits per heavy atom. The molecule has 10 nitrogen and oxygen atoms in total. The van der Waals surface area contributed by atoms with Crippen molar-refractivity contribution in [3.05, 3.63) is 71.3 Å². The number of hydrogen-bond donors (Lipinski definition) is 2. The summed E-state index contributed by atoms with van der Waals surface area (Å²) in [6.07, 6.45) is 1.49. The van der Waals surface area contributed by atoms with Crippen LogP contribution >= 0.6 is 0 Å². The molecule has 0 saturated carbocycles. The summed E-state index contributed by atoms with van der Waals surface area (Å²) in [6.45, 7) is 4.91. The first-order valence-electron chi connectivity index (χ1n) is 13.1. The van der Waals surface area contributed by atoms with E-state index in [9.17, 15) is 14.4 Å². The van der Waals surface area contributed by atoms with Gasteiger partial charge in [-0.25, -0.2) is 0 Å². The zero-order valence-corrected chi connectivity index (χ0v) is 22.9. The van der Waals surface area contributed by atoms with Gasteiger partial charge in [-0.2, -0.15) is 0 Å². The molecule has 2 N–H and O–H groups in total. The van der Waals surface area contributed by atoms with E-state index in [2.05, 4.69) is 10.5 Å². The van der Waals surface area contributed by atoms with E-state index in [0.717, 1.165) is 10.5 Å². The predicted molar refractivity (Wildman–Crippen MR) is 147 cm³/mol. The molecular formula is C29H38N4O6. The summed E-state index contributed by atoms with van der Waals surface area (Å²) in [6, 6.07) is 16.4. The second-order valence-electron chi connectivity index (χ2n) is 9.63. The molecule has 1 aliphatic heterocycles. The van der Waals surface area contributed by atoms with Crippen molar-refractivity contribution in [1.29, 1.82) is 0 Å². The van der Waals surface area contributed by atoms with Gasteiger partial charge < -0.3 is 14.7 Å². The number of unbranched alkanes of at least 4 members (excludes halogenated alkanes) is 1. The quantitative estimate of drug-likeness (QED) is 0.118. The molecule has 3 amide bonds. The van der Waals surface area contributed by atoms with Gasteiger partial charge in [0.1, 0.15) is 11.4 Å². The number of fused-ring (bicyclic) bond motifs is 1. The topological polar surface area (TPSA) is 121 Å². The lowest BCUT2D eigenvalue weighted by Gasteiger charge is -2.38. The Labute approximate surface area is 229 Å². The van der Waals surface area contributed by atoms with Crippen LogP contribution in [0.5, 0.6) is 0 Å². The summed E-state index contributed by atoms with van der Waals surface area (Å²) in [5.74, 6) is -0.650. The van der Waals surface area contributed by atoms with Gasteiger partial charge in [-0.05, 0) is 50.8 Å². The van der Waals surface area contributed by atoms with Crippen molar-refractivity contribution in [2.75, 3.05) is 40.0 Å². The number of amidine groups is 1. The summed E-state index contributed by atoms with van der Waals surface area (Å²) >= 11 is 0. The third-order valence-corrected chi connectivity index (χ3v) is 6.62. The lowest BCUT2D eigenvalue weighted by molar-refractivity contribution is -0.140. The molecule has 0 spiro atoms. The predicted octanol–water partition coefficient (Wildman–Crippen LogP) is 2.82. The molecule has 0 saturated heterocycles. The molecule has 10 heteroatoms. The van der Waals surface area contributed by atoms with E-state index in [1.807, 2.05) is 37.3 Å². The van der Waals surface area contributed by atoms with E-state index < -0.39 is 17.4 Å². The van der Waals surface area contributed by atoms with Crippen molar-refractivity contribution in [2.45, 2.75) is 45.3 Å². The fraction of sp³-hybridized carbons (Fsp3) is 0.448. The number of hydrogen-bond acceptors (Lipinski definition) is 7. The molecular weight excluding hydrogens is 500 g/mol. The molecule has 1 unspecified atom stereocenters. The molecule has 1 atom stereocenters. The summed E-state index contributed by atoms with van der Waals surface area (Å²) in [5, 5.41) is 8.92. The molecule has 2 aromatic rings. The van der Waals surface area contributed by atoms with Gasteiger partial charge in [0.15, 0.2) is 0 Å². The number of aliphatic hydroxyl groups excluding tert-OH is 1. The molecule has 210 valence electrons. The normalized spacial score (nSPS) is 14.8. The number of rotatable bonds is 15. The van der Waals surface area contributed by atoms with Crippen LogP contribution in [0.25, 0.3) is 0 Å². The first-order chi connectivity index (χ1) is 18.8. The van der Waals surface area contributed by atoms with Crippen molar-refractivity contribution in [3.8, 4) is 0 Å². The van der Waals surface area contributed by atoms with Gasteiger partial charge in [0, 0.05) is 20.1 Å². The zero-order valence-electron chi connectivity index (χ0n) is 22.9. The van der Waals surface area contributed by atoms with Gasteiger partial charge in [0.25, 0.3) is 11.8 Å². The smallest absolute Gasteiger partial charge is 0.262 e. The third-order valence-electron chi connectivity index (χ3n) is 6.62. The lowest BCUT2D eigenvalue weighted by Crippen LogP contribution is -2.59. The molecule has 39 heavy (non-hydrogen) atoms. The maximum absolute atomic E-state index is 13.7. The molecule has 0 aliphatic carbocycles. The number of imide groups is 1. The van der Waals surface area contributed by atoms with Gasteiger partial charge in [-0.3, -0.25) is 34.6 Å². The minimum absolute atomic E-state index is 0.110. The first-order valence-corrected chi connectivity index (χ1v) is 13.1. The average molecular weight is 539 g/mol. The van der Waals surface area contributed by atoms with Crippen LogP contribution in [0.3, 0.4) is 0 Å². The highest BCUT2D eigenvalue weighted by atomic mass is 16.6. The van der Waals surface area contributed by atoms with Gasteiger partial charge in [0.05, 0.1) is 37.6 Å². The summed E-state index contributed by atoms with van der Waals surface area (Å²) in [4.78, 5) is 52.8. The van der Waals surface area contributed by atoms with Gasteiger partial charge in [-0.1, -0.05) is 42.5 Å². The minimum atomic E-state index is -1.38. The lowest BCUT2D eigenvalue weighted by atomic mass is 9.90. The van der Waals surface area contributed by atoms with Crippen molar-refractivity contribution in [3.63, 3.8) is 0 Å². The first kappa shape index (κ1) is 29.9. The minimum Gasteiger partial charge on any atom is -0.394 e. The molecule has 1 aliphatic rings.